The number of ether oxygens (including phenoxy) is 1. The summed E-state index contributed by atoms with van der Waals surface area (Å²) in [6, 6.07) is 8.34. The van der Waals surface area contributed by atoms with E-state index in [1.807, 2.05) is 6.07 Å². The Kier molecular flexibility index (Phi) is 9.11. The Hall–Kier alpha value is -1.06. The summed E-state index contributed by atoms with van der Waals surface area (Å²) < 4.78 is 5.99. The van der Waals surface area contributed by atoms with Crippen LogP contribution in [-0.4, -0.2) is 37.7 Å². The van der Waals surface area contributed by atoms with Crippen molar-refractivity contribution in [3.63, 3.8) is 0 Å². The zero-order valence-electron chi connectivity index (χ0n) is 14.2. The van der Waals surface area contributed by atoms with E-state index >= 15 is 0 Å². The van der Waals surface area contributed by atoms with Gasteiger partial charge in [-0.05, 0) is 38.0 Å². The van der Waals surface area contributed by atoms with Crippen LogP contribution in [0.5, 0.6) is 5.75 Å². The Balaban J connectivity index is 2.43. The predicted molar refractivity (Wildman–Crippen MR) is 90.9 cm³/mol. The molecule has 1 N–H and O–H groups in total. The normalized spacial score (nSPS) is 11.3. The van der Waals surface area contributed by atoms with Crippen LogP contribution in [-0.2, 0) is 6.54 Å². The smallest absolute Gasteiger partial charge is 0.123 e. The molecule has 0 aliphatic carbocycles. The van der Waals surface area contributed by atoms with Crippen molar-refractivity contribution < 1.29 is 4.74 Å². The Morgan fingerprint density at radius 2 is 1.90 bits per heavy atom. The fraction of sp³-hybridized carbons (Fsp3) is 0.667. The van der Waals surface area contributed by atoms with Gasteiger partial charge in [-0.3, -0.25) is 0 Å². The minimum atomic E-state index is 0.672. The van der Waals surface area contributed by atoms with Crippen molar-refractivity contribution in [2.45, 2.75) is 40.7 Å². The van der Waals surface area contributed by atoms with Crippen molar-refractivity contribution in [3.8, 4) is 5.75 Å². The fourth-order valence-electron chi connectivity index (χ4n) is 2.32. The van der Waals surface area contributed by atoms with Crippen LogP contribution in [0.3, 0.4) is 0 Å². The lowest BCUT2D eigenvalue weighted by Crippen LogP contribution is -2.29. The van der Waals surface area contributed by atoms with Crippen LogP contribution in [0, 0.1) is 5.92 Å². The van der Waals surface area contributed by atoms with Gasteiger partial charge in [0.1, 0.15) is 12.4 Å². The maximum absolute atomic E-state index is 5.99. The molecule has 0 amide bonds. The van der Waals surface area contributed by atoms with Gasteiger partial charge in [-0.2, -0.15) is 0 Å². The fourth-order valence-corrected chi connectivity index (χ4v) is 2.32. The van der Waals surface area contributed by atoms with Gasteiger partial charge in [0.25, 0.3) is 0 Å². The second kappa shape index (κ2) is 10.6. The van der Waals surface area contributed by atoms with E-state index in [-0.39, 0.29) is 0 Å². The highest BCUT2D eigenvalue weighted by atomic mass is 16.5. The summed E-state index contributed by atoms with van der Waals surface area (Å²) in [4.78, 5) is 2.43. The van der Waals surface area contributed by atoms with Crippen molar-refractivity contribution in [1.82, 2.24) is 10.2 Å². The summed E-state index contributed by atoms with van der Waals surface area (Å²) >= 11 is 0. The Labute approximate surface area is 130 Å². The van der Waals surface area contributed by atoms with E-state index in [2.05, 4.69) is 56.1 Å². The summed E-state index contributed by atoms with van der Waals surface area (Å²) in [5, 5.41) is 3.48. The van der Waals surface area contributed by atoms with E-state index in [0.717, 1.165) is 45.1 Å². The third kappa shape index (κ3) is 7.49. The van der Waals surface area contributed by atoms with Gasteiger partial charge >= 0.3 is 0 Å². The first-order valence-electron chi connectivity index (χ1n) is 8.31. The summed E-state index contributed by atoms with van der Waals surface area (Å²) in [5.74, 6) is 1.69. The van der Waals surface area contributed by atoms with Crippen LogP contribution in [0.25, 0.3) is 0 Å². The quantitative estimate of drug-likeness (QED) is 0.675. The largest absolute Gasteiger partial charge is 0.492 e. The number of nitrogens with zero attached hydrogens (tertiary/aromatic N) is 1. The number of nitrogens with one attached hydrogen (secondary N) is 1. The number of rotatable bonds is 11. The number of para-hydroxylation sites is 1. The lowest BCUT2D eigenvalue weighted by Gasteiger charge is -2.20. The molecule has 1 aromatic rings. The van der Waals surface area contributed by atoms with Crippen LogP contribution in [0.15, 0.2) is 24.3 Å². The van der Waals surface area contributed by atoms with Crippen LogP contribution in [0.4, 0.5) is 0 Å². The molecule has 0 saturated carbocycles. The topological polar surface area (TPSA) is 24.5 Å². The molecule has 1 aromatic carbocycles. The number of benzene rings is 1. The number of likely N-dealkylation sites (N-methyl/N-ethyl adjacent to an activating group) is 1. The maximum atomic E-state index is 5.99. The van der Waals surface area contributed by atoms with Crippen LogP contribution >= 0.6 is 0 Å². The lowest BCUT2D eigenvalue weighted by molar-refractivity contribution is 0.214. The highest BCUT2D eigenvalue weighted by molar-refractivity contribution is 5.33. The molecule has 0 aliphatic rings. The van der Waals surface area contributed by atoms with Gasteiger partial charge in [0.15, 0.2) is 0 Å². The van der Waals surface area contributed by atoms with E-state index in [0.29, 0.717) is 5.92 Å². The second-order valence-electron chi connectivity index (χ2n) is 5.92. The molecule has 21 heavy (non-hydrogen) atoms. The molecule has 0 aliphatic heterocycles. The molecule has 3 nitrogen and oxygen atoms in total. The first kappa shape index (κ1) is 18.0. The zero-order chi connectivity index (χ0) is 15.5. The molecule has 0 fully saturated rings. The van der Waals surface area contributed by atoms with E-state index in [4.69, 9.17) is 4.74 Å². The summed E-state index contributed by atoms with van der Waals surface area (Å²) in [7, 11) is 0. The minimum Gasteiger partial charge on any atom is -0.492 e. The summed E-state index contributed by atoms with van der Waals surface area (Å²) in [6.45, 7) is 14.8. The van der Waals surface area contributed by atoms with Crippen molar-refractivity contribution in [3.05, 3.63) is 29.8 Å². The van der Waals surface area contributed by atoms with Crippen LogP contribution in [0.1, 0.15) is 39.7 Å². The molecule has 0 atom stereocenters. The molecule has 0 saturated heterocycles. The Morgan fingerprint density at radius 1 is 1.14 bits per heavy atom. The predicted octanol–water partition coefficient (Wildman–Crippen LogP) is 3.54. The van der Waals surface area contributed by atoms with E-state index in [9.17, 15) is 0 Å². The zero-order valence-corrected chi connectivity index (χ0v) is 14.2. The number of hydrogen-bond donors (Lipinski definition) is 1. The van der Waals surface area contributed by atoms with E-state index < -0.39 is 0 Å². The van der Waals surface area contributed by atoms with Gasteiger partial charge in [0, 0.05) is 18.7 Å². The molecular formula is C18H32N2O. The Morgan fingerprint density at radius 3 is 2.57 bits per heavy atom. The minimum absolute atomic E-state index is 0.672. The lowest BCUT2D eigenvalue weighted by atomic mass is 10.2. The van der Waals surface area contributed by atoms with E-state index in [1.165, 1.54) is 12.0 Å². The molecule has 0 aromatic heterocycles. The average molecular weight is 292 g/mol. The monoisotopic (exact) mass is 292 g/mol. The molecule has 0 heterocycles. The standard InChI is InChI=1S/C18H32N2O/c1-5-11-20(6-2)12-13-21-18-10-8-7-9-17(18)15-19-14-16(3)4/h7-10,16,19H,5-6,11-15H2,1-4H3. The van der Waals surface area contributed by atoms with Gasteiger partial charge in [0.2, 0.25) is 0 Å². The molecule has 0 radical (unpaired) electrons. The SMILES string of the molecule is CCCN(CC)CCOc1ccccc1CNCC(C)C. The van der Waals surface area contributed by atoms with Gasteiger partial charge in [-0.1, -0.05) is 45.9 Å². The number of hydrogen-bond acceptors (Lipinski definition) is 3. The average Bonchev–Trinajstić information content (AvgIpc) is 2.47. The van der Waals surface area contributed by atoms with Crippen molar-refractivity contribution >= 4 is 0 Å². The highest BCUT2D eigenvalue weighted by Crippen LogP contribution is 2.17. The molecular weight excluding hydrogens is 260 g/mol. The molecule has 0 unspecified atom stereocenters. The third-order valence-corrected chi connectivity index (χ3v) is 3.49. The maximum Gasteiger partial charge on any atom is 0.123 e. The van der Waals surface area contributed by atoms with Crippen molar-refractivity contribution in [2.24, 2.45) is 5.92 Å². The first-order chi connectivity index (χ1) is 10.2. The molecule has 120 valence electrons. The van der Waals surface area contributed by atoms with Gasteiger partial charge in [-0.15, -0.1) is 0 Å². The van der Waals surface area contributed by atoms with Crippen LogP contribution in [0.2, 0.25) is 0 Å². The van der Waals surface area contributed by atoms with Gasteiger partial charge < -0.3 is 15.0 Å². The Bertz CT molecular complexity index is 379. The highest BCUT2D eigenvalue weighted by Gasteiger charge is 2.05. The van der Waals surface area contributed by atoms with Crippen molar-refractivity contribution in [2.75, 3.05) is 32.8 Å². The van der Waals surface area contributed by atoms with E-state index in [1.54, 1.807) is 0 Å². The third-order valence-electron chi connectivity index (χ3n) is 3.49. The first-order valence-corrected chi connectivity index (χ1v) is 8.31. The molecule has 0 spiro atoms. The second-order valence-corrected chi connectivity index (χ2v) is 5.92. The molecule has 1 rings (SSSR count). The molecule has 3 heteroatoms. The summed E-state index contributed by atoms with van der Waals surface area (Å²) in [5.41, 5.74) is 1.25. The molecule has 0 bridgehead atoms. The van der Waals surface area contributed by atoms with Crippen LogP contribution < -0.4 is 10.1 Å². The van der Waals surface area contributed by atoms with Gasteiger partial charge in [0.05, 0.1) is 0 Å². The van der Waals surface area contributed by atoms with Crippen molar-refractivity contribution in [1.29, 1.82) is 0 Å². The summed E-state index contributed by atoms with van der Waals surface area (Å²) in [6.07, 6.45) is 1.20. The van der Waals surface area contributed by atoms with Gasteiger partial charge in [-0.25, -0.2) is 0 Å².